The van der Waals surface area contributed by atoms with Crippen LogP contribution in [-0.4, -0.2) is 41.6 Å². The van der Waals surface area contributed by atoms with Crippen LogP contribution >= 0.6 is 0 Å². The van der Waals surface area contributed by atoms with Crippen LogP contribution in [0.5, 0.6) is 0 Å². The van der Waals surface area contributed by atoms with Crippen molar-refractivity contribution in [1.29, 1.82) is 0 Å². The zero-order chi connectivity index (χ0) is 11.5. The molecule has 0 aromatic heterocycles. The highest BCUT2D eigenvalue weighted by Crippen LogP contribution is 2.45. The molecule has 0 aromatic carbocycles. The summed E-state index contributed by atoms with van der Waals surface area (Å²) in [4.78, 5) is 24.0. The van der Waals surface area contributed by atoms with Gasteiger partial charge < -0.3 is 15.3 Å². The Morgan fingerprint density at radius 3 is 2.20 bits per heavy atom. The van der Waals surface area contributed by atoms with Crippen molar-refractivity contribution < 1.29 is 14.7 Å². The van der Waals surface area contributed by atoms with Gasteiger partial charge in [0.2, 0.25) is 0 Å². The molecule has 0 radical (unpaired) electrons. The fourth-order valence-electron chi connectivity index (χ4n) is 1.48. The molecule has 0 saturated heterocycles. The van der Waals surface area contributed by atoms with Crippen molar-refractivity contribution in [2.45, 2.75) is 26.7 Å². The molecule has 86 valence electrons. The molecule has 0 heterocycles. The van der Waals surface area contributed by atoms with E-state index in [9.17, 15) is 9.59 Å². The number of nitrogens with zero attached hydrogens (tertiary/aromatic N) is 1. The summed E-state index contributed by atoms with van der Waals surface area (Å²) in [5, 5.41) is 11.6. The smallest absolute Gasteiger partial charge is 0.317 e. The predicted octanol–water partition coefficient (Wildman–Crippen LogP) is 0.903. The molecule has 0 aromatic rings. The monoisotopic (exact) mass is 214 g/mol. The largest absolute Gasteiger partial charge is 0.481 e. The van der Waals surface area contributed by atoms with Crippen LogP contribution in [-0.2, 0) is 4.79 Å². The van der Waals surface area contributed by atoms with Crippen molar-refractivity contribution in [3.05, 3.63) is 0 Å². The van der Waals surface area contributed by atoms with Crippen LogP contribution in [0, 0.1) is 5.41 Å². The first-order valence-corrected chi connectivity index (χ1v) is 5.32. The standard InChI is InChI=1S/C10H18N2O3/c1-3-12(4-2)9(15)11-7-10(5-6-10)8(13)14/h3-7H2,1-2H3,(H,11,15)(H,13,14). The minimum absolute atomic E-state index is 0.174. The third kappa shape index (κ3) is 2.61. The van der Waals surface area contributed by atoms with E-state index in [-0.39, 0.29) is 12.6 Å². The Kier molecular flexibility index (Phi) is 3.55. The van der Waals surface area contributed by atoms with E-state index in [0.717, 1.165) is 0 Å². The van der Waals surface area contributed by atoms with Crippen LogP contribution in [0.4, 0.5) is 4.79 Å². The zero-order valence-electron chi connectivity index (χ0n) is 9.25. The van der Waals surface area contributed by atoms with E-state index in [1.807, 2.05) is 13.8 Å². The average Bonchev–Trinajstić information content (AvgIpc) is 2.97. The van der Waals surface area contributed by atoms with Crippen LogP contribution in [0.25, 0.3) is 0 Å². The molecule has 1 saturated carbocycles. The molecule has 2 amide bonds. The molecule has 1 aliphatic carbocycles. The lowest BCUT2D eigenvalue weighted by Crippen LogP contribution is -2.43. The number of hydrogen-bond donors (Lipinski definition) is 2. The molecule has 1 aliphatic rings. The Morgan fingerprint density at radius 1 is 1.33 bits per heavy atom. The van der Waals surface area contributed by atoms with Gasteiger partial charge in [0, 0.05) is 19.6 Å². The van der Waals surface area contributed by atoms with Gasteiger partial charge in [0.25, 0.3) is 0 Å². The van der Waals surface area contributed by atoms with Crippen molar-refractivity contribution in [2.24, 2.45) is 5.41 Å². The van der Waals surface area contributed by atoms with E-state index in [1.165, 1.54) is 0 Å². The Hall–Kier alpha value is -1.26. The van der Waals surface area contributed by atoms with Crippen molar-refractivity contribution >= 4 is 12.0 Å². The maximum absolute atomic E-state index is 11.5. The fraction of sp³-hybridized carbons (Fsp3) is 0.800. The number of amides is 2. The van der Waals surface area contributed by atoms with E-state index in [4.69, 9.17) is 5.11 Å². The summed E-state index contributed by atoms with van der Waals surface area (Å²) in [6, 6.07) is -0.174. The van der Waals surface area contributed by atoms with Gasteiger partial charge in [-0.05, 0) is 26.7 Å². The Bertz CT molecular complexity index is 257. The first-order valence-electron chi connectivity index (χ1n) is 5.32. The van der Waals surface area contributed by atoms with Crippen LogP contribution < -0.4 is 5.32 Å². The molecule has 15 heavy (non-hydrogen) atoms. The molecule has 5 heteroatoms. The lowest BCUT2D eigenvalue weighted by atomic mass is 10.1. The van der Waals surface area contributed by atoms with E-state index in [2.05, 4.69) is 5.32 Å². The topological polar surface area (TPSA) is 69.6 Å². The Balaban J connectivity index is 2.37. The van der Waals surface area contributed by atoms with E-state index in [1.54, 1.807) is 4.90 Å². The zero-order valence-corrected chi connectivity index (χ0v) is 9.25. The van der Waals surface area contributed by atoms with Gasteiger partial charge in [-0.1, -0.05) is 0 Å². The number of nitrogens with one attached hydrogen (secondary N) is 1. The molecule has 0 spiro atoms. The van der Waals surface area contributed by atoms with E-state index >= 15 is 0 Å². The lowest BCUT2D eigenvalue weighted by Gasteiger charge is -2.20. The minimum atomic E-state index is -0.803. The highest BCUT2D eigenvalue weighted by molar-refractivity contribution is 5.80. The van der Waals surface area contributed by atoms with Gasteiger partial charge in [-0.15, -0.1) is 0 Å². The lowest BCUT2D eigenvalue weighted by molar-refractivity contribution is -0.143. The molecule has 1 fully saturated rings. The number of aliphatic carboxylic acids is 1. The van der Waals surface area contributed by atoms with Gasteiger partial charge in [0.1, 0.15) is 0 Å². The van der Waals surface area contributed by atoms with Crippen molar-refractivity contribution in [2.75, 3.05) is 19.6 Å². The van der Waals surface area contributed by atoms with E-state index < -0.39 is 11.4 Å². The summed E-state index contributed by atoms with van der Waals surface area (Å²) in [7, 11) is 0. The molecule has 2 N–H and O–H groups in total. The Labute approximate surface area is 89.4 Å². The number of urea groups is 1. The van der Waals surface area contributed by atoms with Gasteiger partial charge in [-0.2, -0.15) is 0 Å². The summed E-state index contributed by atoms with van der Waals surface area (Å²) in [5.41, 5.74) is -0.678. The molecular weight excluding hydrogens is 196 g/mol. The van der Waals surface area contributed by atoms with Gasteiger partial charge in [-0.25, -0.2) is 4.79 Å². The molecule has 5 nitrogen and oxygen atoms in total. The van der Waals surface area contributed by atoms with E-state index in [0.29, 0.717) is 25.9 Å². The average molecular weight is 214 g/mol. The highest BCUT2D eigenvalue weighted by atomic mass is 16.4. The molecule has 0 aliphatic heterocycles. The molecule has 1 rings (SSSR count). The number of rotatable bonds is 5. The van der Waals surface area contributed by atoms with Crippen molar-refractivity contribution in [3.63, 3.8) is 0 Å². The normalized spacial score (nSPS) is 16.9. The highest BCUT2D eigenvalue weighted by Gasteiger charge is 2.50. The van der Waals surface area contributed by atoms with Crippen LogP contribution in [0.3, 0.4) is 0 Å². The predicted molar refractivity (Wildman–Crippen MR) is 55.6 cm³/mol. The summed E-state index contributed by atoms with van der Waals surface area (Å²) >= 11 is 0. The van der Waals surface area contributed by atoms with Crippen molar-refractivity contribution in [1.82, 2.24) is 10.2 Å². The summed E-state index contributed by atoms with van der Waals surface area (Å²) < 4.78 is 0. The minimum Gasteiger partial charge on any atom is -0.481 e. The molecular formula is C10H18N2O3. The summed E-state index contributed by atoms with van der Waals surface area (Å²) in [5.74, 6) is -0.803. The molecule has 0 atom stereocenters. The van der Waals surface area contributed by atoms with Gasteiger partial charge in [-0.3, -0.25) is 4.79 Å². The van der Waals surface area contributed by atoms with Gasteiger partial charge in [0.15, 0.2) is 0 Å². The quantitative estimate of drug-likeness (QED) is 0.714. The maximum Gasteiger partial charge on any atom is 0.317 e. The van der Waals surface area contributed by atoms with Gasteiger partial charge in [0.05, 0.1) is 5.41 Å². The summed E-state index contributed by atoms with van der Waals surface area (Å²) in [6.45, 7) is 5.32. The van der Waals surface area contributed by atoms with Crippen LogP contribution in [0.1, 0.15) is 26.7 Å². The summed E-state index contributed by atoms with van der Waals surface area (Å²) in [6.07, 6.45) is 1.34. The number of carbonyl (C=O) groups is 2. The second-order valence-corrected chi connectivity index (χ2v) is 3.92. The number of carboxylic acid groups (broad SMARTS) is 1. The Morgan fingerprint density at radius 2 is 1.87 bits per heavy atom. The molecule has 0 bridgehead atoms. The molecule has 0 unspecified atom stereocenters. The second-order valence-electron chi connectivity index (χ2n) is 3.92. The SMILES string of the molecule is CCN(CC)C(=O)NCC1(C(=O)O)CC1. The fourth-order valence-corrected chi connectivity index (χ4v) is 1.48. The van der Waals surface area contributed by atoms with Crippen molar-refractivity contribution in [3.8, 4) is 0 Å². The second kappa shape index (κ2) is 4.51. The van der Waals surface area contributed by atoms with Gasteiger partial charge >= 0.3 is 12.0 Å². The first-order chi connectivity index (χ1) is 7.05. The third-order valence-corrected chi connectivity index (χ3v) is 2.94. The number of carbonyl (C=O) groups excluding carboxylic acids is 1. The number of hydrogen-bond acceptors (Lipinski definition) is 2. The van der Waals surface area contributed by atoms with Crippen LogP contribution in [0.15, 0.2) is 0 Å². The first kappa shape index (κ1) is 11.8. The van der Waals surface area contributed by atoms with Crippen LogP contribution in [0.2, 0.25) is 0 Å². The number of carboxylic acids is 1. The maximum atomic E-state index is 11.5. The third-order valence-electron chi connectivity index (χ3n) is 2.94.